The van der Waals surface area contributed by atoms with Gasteiger partial charge in [0, 0.05) is 19.3 Å². The molecule has 1 aromatic carbocycles. The number of alkyl halides is 1. The fourth-order valence-corrected chi connectivity index (χ4v) is 2.05. The molecule has 4 heteroatoms. The summed E-state index contributed by atoms with van der Waals surface area (Å²) in [7, 11) is 1.73. The van der Waals surface area contributed by atoms with Gasteiger partial charge < -0.3 is 9.64 Å². The molecule has 0 saturated carbocycles. The number of likely N-dealkylation sites (N-methyl/N-ethyl adjacent to an activating group) is 1. The minimum atomic E-state index is -0.915. The number of para-hydroxylation sites is 1. The number of hydrogen-bond acceptors (Lipinski definition) is 2. The Morgan fingerprint density at radius 3 is 2.68 bits per heavy atom. The van der Waals surface area contributed by atoms with Gasteiger partial charge in [-0.05, 0) is 24.5 Å². The van der Waals surface area contributed by atoms with Crippen molar-refractivity contribution >= 4 is 23.2 Å². The zero-order valence-corrected chi connectivity index (χ0v) is 12.6. The third-order valence-electron chi connectivity index (χ3n) is 3.02. The van der Waals surface area contributed by atoms with Gasteiger partial charge in [-0.3, -0.25) is 4.79 Å². The Morgan fingerprint density at radius 1 is 1.37 bits per heavy atom. The maximum atomic E-state index is 12.2. The number of benzene rings is 1. The lowest BCUT2D eigenvalue weighted by Crippen LogP contribution is -2.35. The van der Waals surface area contributed by atoms with Crippen LogP contribution in [0.1, 0.15) is 32.3 Å². The SMILES string of the molecule is CCCCOC(Cl)C(=O)N(C)c1ccccc1CC. The minimum absolute atomic E-state index is 0.223. The van der Waals surface area contributed by atoms with Gasteiger partial charge in [0.1, 0.15) is 0 Å². The molecule has 1 aromatic rings. The van der Waals surface area contributed by atoms with E-state index in [0.29, 0.717) is 6.61 Å². The molecule has 0 aliphatic carbocycles. The summed E-state index contributed by atoms with van der Waals surface area (Å²) in [6, 6.07) is 7.82. The highest BCUT2D eigenvalue weighted by atomic mass is 35.5. The Labute approximate surface area is 120 Å². The zero-order valence-electron chi connectivity index (χ0n) is 11.9. The summed E-state index contributed by atoms with van der Waals surface area (Å²) >= 11 is 5.99. The van der Waals surface area contributed by atoms with Crippen molar-refractivity contribution in [1.82, 2.24) is 0 Å². The van der Waals surface area contributed by atoms with E-state index in [-0.39, 0.29) is 5.91 Å². The molecule has 0 N–H and O–H groups in total. The number of carbonyl (C=O) groups is 1. The summed E-state index contributed by atoms with van der Waals surface area (Å²) in [4.78, 5) is 13.7. The summed E-state index contributed by atoms with van der Waals surface area (Å²) in [5.74, 6) is -0.223. The molecule has 1 unspecified atom stereocenters. The number of amides is 1. The molecule has 106 valence electrons. The van der Waals surface area contributed by atoms with Crippen LogP contribution in [0.2, 0.25) is 0 Å². The molecule has 0 saturated heterocycles. The maximum absolute atomic E-state index is 12.2. The number of hydrogen-bond donors (Lipinski definition) is 0. The van der Waals surface area contributed by atoms with Gasteiger partial charge in [-0.15, -0.1) is 0 Å². The van der Waals surface area contributed by atoms with Gasteiger partial charge in [0.05, 0.1) is 0 Å². The smallest absolute Gasteiger partial charge is 0.271 e. The molecular weight excluding hydrogens is 262 g/mol. The van der Waals surface area contributed by atoms with Gasteiger partial charge in [0.2, 0.25) is 5.56 Å². The van der Waals surface area contributed by atoms with E-state index in [0.717, 1.165) is 30.5 Å². The van der Waals surface area contributed by atoms with Crippen LogP contribution in [-0.4, -0.2) is 25.1 Å². The molecule has 19 heavy (non-hydrogen) atoms. The first kappa shape index (κ1) is 16.0. The summed E-state index contributed by atoms with van der Waals surface area (Å²) < 4.78 is 5.33. The maximum Gasteiger partial charge on any atom is 0.271 e. The molecule has 0 fully saturated rings. The Morgan fingerprint density at radius 2 is 2.05 bits per heavy atom. The lowest BCUT2D eigenvalue weighted by atomic mass is 10.1. The summed E-state index contributed by atoms with van der Waals surface area (Å²) in [5, 5.41) is 0. The largest absolute Gasteiger partial charge is 0.353 e. The molecule has 0 aromatic heterocycles. The molecule has 3 nitrogen and oxygen atoms in total. The molecule has 0 aliphatic rings. The van der Waals surface area contributed by atoms with Crippen LogP contribution in [-0.2, 0) is 16.0 Å². The van der Waals surface area contributed by atoms with Crippen molar-refractivity contribution in [3.63, 3.8) is 0 Å². The van der Waals surface area contributed by atoms with E-state index in [1.807, 2.05) is 24.3 Å². The van der Waals surface area contributed by atoms with Gasteiger partial charge in [0.25, 0.3) is 5.91 Å². The van der Waals surface area contributed by atoms with E-state index in [1.54, 1.807) is 11.9 Å². The Kier molecular flexibility index (Phi) is 6.89. The second kappa shape index (κ2) is 8.18. The van der Waals surface area contributed by atoms with E-state index in [2.05, 4.69) is 13.8 Å². The predicted molar refractivity (Wildman–Crippen MR) is 79.7 cm³/mol. The lowest BCUT2D eigenvalue weighted by molar-refractivity contribution is -0.125. The molecule has 0 radical (unpaired) electrons. The standard InChI is InChI=1S/C15H22ClNO2/c1-4-6-11-19-14(16)15(18)17(3)13-10-8-7-9-12(13)5-2/h7-10,14H,4-6,11H2,1-3H3. The number of ether oxygens (including phenoxy) is 1. The van der Waals surface area contributed by atoms with Gasteiger partial charge in [0.15, 0.2) is 0 Å². The average Bonchev–Trinajstić information content (AvgIpc) is 2.45. The molecule has 0 heterocycles. The van der Waals surface area contributed by atoms with Crippen molar-refractivity contribution in [2.24, 2.45) is 0 Å². The average molecular weight is 284 g/mol. The van der Waals surface area contributed by atoms with E-state index in [4.69, 9.17) is 16.3 Å². The first-order chi connectivity index (χ1) is 9.11. The molecule has 0 spiro atoms. The first-order valence-corrected chi connectivity index (χ1v) is 7.16. The van der Waals surface area contributed by atoms with Gasteiger partial charge in [-0.2, -0.15) is 0 Å². The third kappa shape index (κ3) is 4.51. The van der Waals surface area contributed by atoms with Crippen molar-refractivity contribution in [3.8, 4) is 0 Å². The predicted octanol–water partition coefficient (Wildman–Crippen LogP) is 3.59. The number of carbonyl (C=O) groups excluding carboxylic acids is 1. The Bertz CT molecular complexity index is 409. The van der Waals surface area contributed by atoms with Crippen LogP contribution in [0.3, 0.4) is 0 Å². The number of nitrogens with zero attached hydrogens (tertiary/aromatic N) is 1. The highest BCUT2D eigenvalue weighted by Crippen LogP contribution is 2.21. The van der Waals surface area contributed by atoms with Crippen LogP contribution in [0.25, 0.3) is 0 Å². The van der Waals surface area contributed by atoms with Crippen molar-refractivity contribution in [2.45, 2.75) is 38.7 Å². The topological polar surface area (TPSA) is 29.5 Å². The molecule has 0 bridgehead atoms. The molecule has 1 atom stereocenters. The van der Waals surface area contributed by atoms with Crippen LogP contribution in [0.4, 0.5) is 5.69 Å². The van der Waals surface area contributed by atoms with Crippen molar-refractivity contribution in [3.05, 3.63) is 29.8 Å². The van der Waals surface area contributed by atoms with E-state index >= 15 is 0 Å². The van der Waals surface area contributed by atoms with Crippen LogP contribution in [0, 0.1) is 0 Å². The van der Waals surface area contributed by atoms with Crippen molar-refractivity contribution in [1.29, 1.82) is 0 Å². The molecule has 0 aliphatic heterocycles. The summed E-state index contributed by atoms with van der Waals surface area (Å²) in [5.41, 5.74) is 1.09. The highest BCUT2D eigenvalue weighted by molar-refractivity contribution is 6.31. The van der Waals surface area contributed by atoms with Crippen LogP contribution >= 0.6 is 11.6 Å². The number of halogens is 1. The third-order valence-corrected chi connectivity index (χ3v) is 3.33. The highest BCUT2D eigenvalue weighted by Gasteiger charge is 2.22. The van der Waals surface area contributed by atoms with Gasteiger partial charge in [-0.25, -0.2) is 0 Å². The minimum Gasteiger partial charge on any atom is -0.353 e. The number of rotatable bonds is 7. The zero-order chi connectivity index (χ0) is 14.3. The molecule has 1 amide bonds. The van der Waals surface area contributed by atoms with E-state index < -0.39 is 5.56 Å². The number of anilines is 1. The quantitative estimate of drug-likeness (QED) is 0.565. The summed E-state index contributed by atoms with van der Waals surface area (Å²) in [6.07, 6.45) is 2.80. The molecular formula is C15H22ClNO2. The van der Waals surface area contributed by atoms with E-state index in [1.165, 1.54) is 0 Å². The monoisotopic (exact) mass is 283 g/mol. The van der Waals surface area contributed by atoms with Crippen LogP contribution < -0.4 is 4.90 Å². The van der Waals surface area contributed by atoms with Crippen molar-refractivity contribution in [2.75, 3.05) is 18.6 Å². The van der Waals surface area contributed by atoms with Crippen LogP contribution in [0.5, 0.6) is 0 Å². The van der Waals surface area contributed by atoms with Gasteiger partial charge in [-0.1, -0.05) is 50.1 Å². The number of aryl methyl sites for hydroxylation is 1. The first-order valence-electron chi connectivity index (χ1n) is 6.72. The van der Waals surface area contributed by atoms with Crippen molar-refractivity contribution < 1.29 is 9.53 Å². The fraction of sp³-hybridized carbons (Fsp3) is 0.533. The van der Waals surface area contributed by atoms with Crippen LogP contribution in [0.15, 0.2) is 24.3 Å². The van der Waals surface area contributed by atoms with Gasteiger partial charge >= 0.3 is 0 Å². The molecule has 1 rings (SSSR count). The number of unbranched alkanes of at least 4 members (excludes halogenated alkanes) is 1. The fourth-order valence-electron chi connectivity index (χ4n) is 1.81. The second-order valence-electron chi connectivity index (χ2n) is 4.42. The lowest BCUT2D eigenvalue weighted by Gasteiger charge is -2.22. The Hall–Kier alpha value is -1.06. The van der Waals surface area contributed by atoms with E-state index in [9.17, 15) is 4.79 Å². The summed E-state index contributed by atoms with van der Waals surface area (Å²) in [6.45, 7) is 4.64. The Balaban J connectivity index is 2.70. The second-order valence-corrected chi connectivity index (χ2v) is 4.82. The normalized spacial score (nSPS) is 12.2.